The Labute approximate surface area is 171 Å². The highest BCUT2D eigenvalue weighted by Gasteiger charge is 2.38. The monoisotopic (exact) mass is 427 g/mol. The van der Waals surface area contributed by atoms with E-state index in [9.17, 15) is 13.2 Å². The first-order valence-corrected chi connectivity index (χ1v) is 9.63. The van der Waals surface area contributed by atoms with Crippen molar-refractivity contribution in [2.24, 2.45) is 5.92 Å². The molecule has 1 aliphatic carbocycles. The average molecular weight is 427 g/mol. The van der Waals surface area contributed by atoms with Crippen molar-refractivity contribution in [2.75, 3.05) is 20.3 Å². The molecule has 3 heterocycles. The first-order chi connectivity index (χ1) is 14.3. The maximum absolute atomic E-state index is 10.6. The van der Waals surface area contributed by atoms with E-state index in [1.807, 2.05) is 18.5 Å². The molecule has 0 amide bonds. The number of alkyl halides is 3. The van der Waals surface area contributed by atoms with Crippen LogP contribution >= 0.6 is 0 Å². The molecule has 0 bridgehead atoms. The molecule has 0 aromatic carbocycles. The second-order valence-electron chi connectivity index (χ2n) is 7.40. The van der Waals surface area contributed by atoms with Gasteiger partial charge in [0.05, 0.1) is 18.3 Å². The van der Waals surface area contributed by atoms with E-state index >= 15 is 0 Å². The number of nitrogens with zero attached hydrogens (tertiary/aromatic N) is 5. The molecular weight excluding hydrogens is 403 g/mol. The molecule has 164 valence electrons. The van der Waals surface area contributed by atoms with Crippen molar-refractivity contribution < 1.29 is 27.8 Å². The number of ether oxygens (including phenoxy) is 1. The molecule has 2 aliphatic rings. The van der Waals surface area contributed by atoms with Crippen LogP contribution < -0.4 is 0 Å². The van der Waals surface area contributed by atoms with Gasteiger partial charge in [-0.3, -0.25) is 9.88 Å². The number of methoxy groups -OCH3 is 1. The van der Waals surface area contributed by atoms with E-state index in [4.69, 9.17) is 14.6 Å². The molecule has 1 fully saturated rings. The van der Waals surface area contributed by atoms with E-state index < -0.39 is 12.1 Å². The lowest BCUT2D eigenvalue weighted by atomic mass is 10.0. The van der Waals surface area contributed by atoms with E-state index in [0.29, 0.717) is 6.61 Å². The van der Waals surface area contributed by atoms with Gasteiger partial charge in [0.2, 0.25) is 0 Å². The quantitative estimate of drug-likeness (QED) is 0.757. The minimum absolute atomic E-state index is 0.178. The summed E-state index contributed by atoms with van der Waals surface area (Å²) in [6.45, 7) is 3.56. The van der Waals surface area contributed by atoms with Gasteiger partial charge in [-0.1, -0.05) is 11.3 Å². The number of aliphatic carboxylic acids is 1. The van der Waals surface area contributed by atoms with Crippen molar-refractivity contribution in [3.05, 3.63) is 41.5 Å². The molecule has 11 heteroatoms. The number of hydrogen-bond donors (Lipinski definition) is 1. The smallest absolute Gasteiger partial charge is 0.475 e. The number of carbonyl (C=O) groups is 1. The summed E-state index contributed by atoms with van der Waals surface area (Å²) in [4.78, 5) is 15.5. The van der Waals surface area contributed by atoms with Crippen molar-refractivity contribution in [1.29, 1.82) is 0 Å². The molecule has 0 radical (unpaired) electrons. The Hall–Kier alpha value is -2.53. The first-order valence-electron chi connectivity index (χ1n) is 9.63. The third-order valence-corrected chi connectivity index (χ3v) is 5.06. The van der Waals surface area contributed by atoms with Crippen molar-refractivity contribution in [3.63, 3.8) is 0 Å². The fourth-order valence-corrected chi connectivity index (χ4v) is 3.39. The molecule has 2 aromatic heterocycles. The van der Waals surface area contributed by atoms with Gasteiger partial charge < -0.3 is 9.84 Å². The summed E-state index contributed by atoms with van der Waals surface area (Å²) in [7, 11) is 1.76. The molecule has 2 aromatic rings. The highest BCUT2D eigenvalue weighted by molar-refractivity contribution is 5.73. The zero-order valence-corrected chi connectivity index (χ0v) is 16.5. The molecule has 4 rings (SSSR count). The van der Waals surface area contributed by atoms with Gasteiger partial charge in [-0.15, -0.1) is 5.10 Å². The van der Waals surface area contributed by atoms with E-state index in [0.717, 1.165) is 37.7 Å². The topological polar surface area (TPSA) is 93.4 Å². The normalized spacial score (nSPS) is 19.0. The molecule has 1 unspecified atom stereocenters. The van der Waals surface area contributed by atoms with E-state index in [1.165, 1.54) is 24.1 Å². The van der Waals surface area contributed by atoms with Gasteiger partial charge >= 0.3 is 12.1 Å². The third-order valence-electron chi connectivity index (χ3n) is 5.06. The fraction of sp³-hybridized carbons (Fsp3) is 0.579. The summed E-state index contributed by atoms with van der Waals surface area (Å²) in [6, 6.07) is 4.29. The molecule has 1 saturated carbocycles. The minimum atomic E-state index is -5.08. The average Bonchev–Trinajstić information content (AvgIpc) is 3.43. The number of carboxylic acid groups (broad SMARTS) is 1. The first kappa shape index (κ1) is 22.2. The second-order valence-corrected chi connectivity index (χ2v) is 7.40. The lowest BCUT2D eigenvalue weighted by Gasteiger charge is -2.34. The number of hydrogen-bond acceptors (Lipinski definition) is 6. The van der Waals surface area contributed by atoms with Crippen molar-refractivity contribution in [2.45, 2.75) is 44.6 Å². The van der Waals surface area contributed by atoms with Crippen LogP contribution in [0.5, 0.6) is 0 Å². The zero-order valence-electron chi connectivity index (χ0n) is 16.5. The van der Waals surface area contributed by atoms with Gasteiger partial charge in [-0.05, 0) is 30.4 Å². The molecular formula is C19H24F3N5O3. The number of carboxylic acids is 1. The van der Waals surface area contributed by atoms with E-state index in [1.54, 1.807) is 7.11 Å². The highest BCUT2D eigenvalue weighted by Crippen LogP contribution is 2.34. The molecule has 1 aliphatic heterocycles. The summed E-state index contributed by atoms with van der Waals surface area (Å²) in [6.07, 6.45) is 2.35. The van der Waals surface area contributed by atoms with Gasteiger partial charge in [0.1, 0.15) is 5.69 Å². The van der Waals surface area contributed by atoms with Crippen LogP contribution in [0, 0.1) is 5.92 Å². The summed E-state index contributed by atoms with van der Waals surface area (Å²) in [5, 5.41) is 16.1. The molecule has 0 saturated heterocycles. The van der Waals surface area contributed by atoms with Crippen LogP contribution in [-0.4, -0.2) is 62.4 Å². The Morgan fingerprint density at radius 1 is 1.37 bits per heavy atom. The lowest BCUT2D eigenvalue weighted by Crippen LogP contribution is -2.38. The SMILES string of the molecule is COCC1c2nnn(CC3CC3)c2CCN1Cc1cccnc1.O=C(O)C(F)(F)F. The lowest BCUT2D eigenvalue weighted by molar-refractivity contribution is -0.192. The number of pyridine rings is 1. The summed E-state index contributed by atoms with van der Waals surface area (Å²) in [5.74, 6) is -1.94. The van der Waals surface area contributed by atoms with E-state index in [-0.39, 0.29) is 6.04 Å². The Morgan fingerprint density at radius 3 is 2.67 bits per heavy atom. The van der Waals surface area contributed by atoms with Gasteiger partial charge in [-0.2, -0.15) is 13.2 Å². The molecule has 1 N–H and O–H groups in total. The van der Waals surface area contributed by atoms with Crippen LogP contribution in [0.1, 0.15) is 35.8 Å². The maximum atomic E-state index is 10.6. The van der Waals surface area contributed by atoms with Gasteiger partial charge in [0, 0.05) is 45.6 Å². The van der Waals surface area contributed by atoms with E-state index in [2.05, 4.69) is 30.9 Å². The van der Waals surface area contributed by atoms with Crippen LogP contribution in [-0.2, 0) is 29.0 Å². The van der Waals surface area contributed by atoms with Gasteiger partial charge in [0.25, 0.3) is 0 Å². The third kappa shape index (κ3) is 5.76. The number of halogens is 3. The predicted molar refractivity (Wildman–Crippen MR) is 99.4 cm³/mol. The Morgan fingerprint density at radius 2 is 2.10 bits per heavy atom. The number of fused-ring (bicyclic) bond motifs is 1. The van der Waals surface area contributed by atoms with Crippen LogP contribution in [0.3, 0.4) is 0 Å². The summed E-state index contributed by atoms with van der Waals surface area (Å²) < 4.78 is 39.3. The number of aromatic nitrogens is 4. The fourth-order valence-electron chi connectivity index (χ4n) is 3.39. The molecule has 0 spiro atoms. The van der Waals surface area contributed by atoms with Gasteiger partial charge in [0.15, 0.2) is 0 Å². The molecule has 8 nitrogen and oxygen atoms in total. The van der Waals surface area contributed by atoms with Gasteiger partial charge in [-0.25, -0.2) is 9.48 Å². The maximum Gasteiger partial charge on any atom is 0.490 e. The Kier molecular flexibility index (Phi) is 7.03. The Balaban J connectivity index is 0.000000318. The standard InChI is InChI=1S/C17H23N5O.C2HF3O2/c1-23-12-16-17-15(22(20-19-17)11-13-4-5-13)6-8-21(16)10-14-3-2-7-18-9-14;3-2(4,5)1(6)7/h2-3,7,9,13,16H,4-6,8,10-12H2,1H3;(H,6,7). The van der Waals surface area contributed by atoms with Crippen molar-refractivity contribution in [1.82, 2.24) is 24.9 Å². The summed E-state index contributed by atoms with van der Waals surface area (Å²) >= 11 is 0. The molecule has 30 heavy (non-hydrogen) atoms. The van der Waals surface area contributed by atoms with Crippen molar-refractivity contribution in [3.8, 4) is 0 Å². The number of rotatable bonds is 6. The van der Waals surface area contributed by atoms with Crippen molar-refractivity contribution >= 4 is 5.97 Å². The zero-order chi connectivity index (χ0) is 21.7. The van der Waals surface area contributed by atoms with Crippen LogP contribution in [0.2, 0.25) is 0 Å². The van der Waals surface area contributed by atoms with Crippen LogP contribution in [0.25, 0.3) is 0 Å². The highest BCUT2D eigenvalue weighted by atomic mass is 19.4. The second kappa shape index (κ2) is 9.52. The minimum Gasteiger partial charge on any atom is -0.475 e. The van der Waals surface area contributed by atoms with Crippen LogP contribution in [0.15, 0.2) is 24.5 Å². The molecule has 1 atom stereocenters. The summed E-state index contributed by atoms with van der Waals surface area (Å²) in [5.41, 5.74) is 3.63. The predicted octanol–water partition coefficient (Wildman–Crippen LogP) is 2.46. The Bertz CT molecular complexity index is 840. The largest absolute Gasteiger partial charge is 0.490 e. The van der Waals surface area contributed by atoms with Crippen LogP contribution in [0.4, 0.5) is 13.2 Å².